The molecule has 0 radical (unpaired) electrons. The third-order valence-corrected chi connectivity index (χ3v) is 5.61. The SMILES string of the molecule is CCCC(=O)NCCN1CCN(c2nc3c(Cl)cccc3s2)CC1. The number of aromatic nitrogens is 1. The highest BCUT2D eigenvalue weighted by molar-refractivity contribution is 7.22. The van der Waals surface area contributed by atoms with Crippen LogP contribution in [-0.2, 0) is 4.79 Å². The Kier molecular flexibility index (Phi) is 5.92. The van der Waals surface area contributed by atoms with E-state index < -0.39 is 0 Å². The highest BCUT2D eigenvalue weighted by atomic mass is 35.5. The van der Waals surface area contributed by atoms with Crippen LogP contribution in [0.2, 0.25) is 5.02 Å². The number of carbonyl (C=O) groups excluding carboxylic acids is 1. The van der Waals surface area contributed by atoms with Gasteiger partial charge in [0.05, 0.1) is 9.72 Å². The van der Waals surface area contributed by atoms with Crippen molar-refractivity contribution in [3.63, 3.8) is 0 Å². The van der Waals surface area contributed by atoms with Gasteiger partial charge in [0, 0.05) is 45.7 Å². The van der Waals surface area contributed by atoms with Gasteiger partial charge in [-0.3, -0.25) is 9.69 Å². The summed E-state index contributed by atoms with van der Waals surface area (Å²) in [5.74, 6) is 0.155. The van der Waals surface area contributed by atoms with E-state index >= 15 is 0 Å². The number of piperazine rings is 1. The van der Waals surface area contributed by atoms with E-state index in [-0.39, 0.29) is 5.91 Å². The number of amides is 1. The zero-order chi connectivity index (χ0) is 16.9. The summed E-state index contributed by atoms with van der Waals surface area (Å²) in [7, 11) is 0. The lowest BCUT2D eigenvalue weighted by molar-refractivity contribution is -0.121. The van der Waals surface area contributed by atoms with Crippen LogP contribution >= 0.6 is 22.9 Å². The van der Waals surface area contributed by atoms with Crippen molar-refractivity contribution in [3.05, 3.63) is 23.2 Å². The number of halogens is 1. The third-order valence-electron chi connectivity index (χ3n) is 4.23. The second kappa shape index (κ2) is 8.14. The van der Waals surface area contributed by atoms with Gasteiger partial charge in [0.15, 0.2) is 5.13 Å². The Labute approximate surface area is 151 Å². The van der Waals surface area contributed by atoms with Crippen molar-refractivity contribution < 1.29 is 4.79 Å². The van der Waals surface area contributed by atoms with Gasteiger partial charge in [0.2, 0.25) is 5.91 Å². The van der Waals surface area contributed by atoms with Crippen LogP contribution in [0.1, 0.15) is 19.8 Å². The Morgan fingerprint density at radius 1 is 1.33 bits per heavy atom. The maximum Gasteiger partial charge on any atom is 0.220 e. The van der Waals surface area contributed by atoms with E-state index in [0.717, 1.165) is 66.1 Å². The minimum absolute atomic E-state index is 0.155. The van der Waals surface area contributed by atoms with Crippen LogP contribution in [0.15, 0.2) is 18.2 Å². The van der Waals surface area contributed by atoms with Gasteiger partial charge in [-0.25, -0.2) is 4.98 Å². The molecule has 1 aliphatic rings. The van der Waals surface area contributed by atoms with E-state index in [1.165, 1.54) is 0 Å². The molecule has 1 aromatic heterocycles. The Morgan fingerprint density at radius 2 is 2.12 bits per heavy atom. The molecule has 1 aliphatic heterocycles. The lowest BCUT2D eigenvalue weighted by Crippen LogP contribution is -2.48. The molecule has 0 spiro atoms. The summed E-state index contributed by atoms with van der Waals surface area (Å²) >= 11 is 7.92. The zero-order valence-corrected chi connectivity index (χ0v) is 15.5. The molecule has 1 amide bonds. The van der Waals surface area contributed by atoms with Gasteiger partial charge < -0.3 is 10.2 Å². The number of anilines is 1. The number of rotatable bonds is 6. The number of thiazole rings is 1. The summed E-state index contributed by atoms with van der Waals surface area (Å²) in [5, 5.41) is 4.75. The van der Waals surface area contributed by atoms with Crippen LogP contribution < -0.4 is 10.2 Å². The minimum Gasteiger partial charge on any atom is -0.355 e. The molecule has 5 nitrogen and oxygen atoms in total. The number of hydrogen-bond donors (Lipinski definition) is 1. The first-order chi connectivity index (χ1) is 11.7. The van der Waals surface area contributed by atoms with Crippen LogP contribution in [0.3, 0.4) is 0 Å². The van der Waals surface area contributed by atoms with Gasteiger partial charge in [0.1, 0.15) is 5.52 Å². The van der Waals surface area contributed by atoms with Crippen molar-refractivity contribution in [2.75, 3.05) is 44.2 Å². The molecule has 7 heteroatoms. The molecule has 3 rings (SSSR count). The predicted octanol–water partition coefficient (Wildman–Crippen LogP) is 2.99. The number of nitrogens with one attached hydrogen (secondary N) is 1. The van der Waals surface area contributed by atoms with Crippen molar-refractivity contribution in [2.24, 2.45) is 0 Å². The number of benzene rings is 1. The Hall–Kier alpha value is -1.37. The van der Waals surface area contributed by atoms with Crippen molar-refractivity contribution in [2.45, 2.75) is 19.8 Å². The van der Waals surface area contributed by atoms with Crippen molar-refractivity contribution in [3.8, 4) is 0 Å². The summed E-state index contributed by atoms with van der Waals surface area (Å²) in [6, 6.07) is 5.92. The topological polar surface area (TPSA) is 48.5 Å². The quantitative estimate of drug-likeness (QED) is 0.853. The molecule has 1 N–H and O–H groups in total. The summed E-state index contributed by atoms with van der Waals surface area (Å²) in [5.41, 5.74) is 0.903. The van der Waals surface area contributed by atoms with Crippen LogP contribution in [-0.4, -0.2) is 55.1 Å². The third kappa shape index (κ3) is 4.18. The first-order valence-electron chi connectivity index (χ1n) is 8.46. The van der Waals surface area contributed by atoms with Crippen LogP contribution in [0, 0.1) is 0 Å². The maximum atomic E-state index is 11.5. The van der Waals surface area contributed by atoms with Crippen LogP contribution in [0.25, 0.3) is 10.2 Å². The zero-order valence-electron chi connectivity index (χ0n) is 13.9. The van der Waals surface area contributed by atoms with E-state index in [2.05, 4.69) is 21.2 Å². The lowest BCUT2D eigenvalue weighted by atomic mass is 10.3. The molecule has 2 heterocycles. The van der Waals surface area contributed by atoms with Gasteiger partial charge in [-0.15, -0.1) is 0 Å². The molecule has 24 heavy (non-hydrogen) atoms. The minimum atomic E-state index is 0.155. The van der Waals surface area contributed by atoms with E-state index in [0.29, 0.717) is 6.42 Å². The first kappa shape index (κ1) is 17.5. The van der Waals surface area contributed by atoms with Gasteiger partial charge in [-0.2, -0.15) is 0 Å². The van der Waals surface area contributed by atoms with Crippen LogP contribution in [0.4, 0.5) is 5.13 Å². The Morgan fingerprint density at radius 3 is 2.83 bits per heavy atom. The number of fused-ring (bicyclic) bond motifs is 1. The van der Waals surface area contributed by atoms with E-state index in [9.17, 15) is 4.79 Å². The van der Waals surface area contributed by atoms with E-state index in [1.54, 1.807) is 11.3 Å². The summed E-state index contributed by atoms with van der Waals surface area (Å²) < 4.78 is 1.14. The van der Waals surface area contributed by atoms with Crippen LogP contribution in [0.5, 0.6) is 0 Å². The number of nitrogens with zero attached hydrogens (tertiary/aromatic N) is 3. The molecule has 0 aliphatic carbocycles. The van der Waals surface area contributed by atoms with E-state index in [1.807, 2.05) is 19.1 Å². The molecule has 0 bridgehead atoms. The Bertz CT molecular complexity index is 697. The average molecular weight is 367 g/mol. The van der Waals surface area contributed by atoms with Crippen molar-refractivity contribution >= 4 is 44.2 Å². The van der Waals surface area contributed by atoms with E-state index in [4.69, 9.17) is 16.6 Å². The first-order valence-corrected chi connectivity index (χ1v) is 9.66. The molecule has 0 atom stereocenters. The Balaban J connectivity index is 1.49. The fourth-order valence-corrected chi connectivity index (χ4v) is 4.19. The summed E-state index contributed by atoms with van der Waals surface area (Å²) in [6.07, 6.45) is 1.52. The predicted molar refractivity (Wildman–Crippen MR) is 101 cm³/mol. The molecular formula is C17H23ClN4OS. The second-order valence-corrected chi connectivity index (χ2v) is 7.43. The smallest absolute Gasteiger partial charge is 0.220 e. The molecule has 2 aromatic rings. The highest BCUT2D eigenvalue weighted by Crippen LogP contribution is 2.33. The fraction of sp³-hybridized carbons (Fsp3) is 0.529. The van der Waals surface area contributed by atoms with Crippen molar-refractivity contribution in [1.82, 2.24) is 15.2 Å². The number of para-hydroxylation sites is 1. The van der Waals surface area contributed by atoms with Gasteiger partial charge in [-0.1, -0.05) is 35.9 Å². The molecular weight excluding hydrogens is 344 g/mol. The monoisotopic (exact) mass is 366 g/mol. The van der Waals surface area contributed by atoms with Gasteiger partial charge in [-0.05, 0) is 18.6 Å². The average Bonchev–Trinajstić information content (AvgIpc) is 3.01. The summed E-state index contributed by atoms with van der Waals surface area (Å²) in [4.78, 5) is 20.9. The van der Waals surface area contributed by atoms with Gasteiger partial charge >= 0.3 is 0 Å². The molecule has 1 saturated heterocycles. The molecule has 1 aromatic carbocycles. The lowest BCUT2D eigenvalue weighted by Gasteiger charge is -2.34. The standard InChI is InChI=1S/C17H23ClN4OS/c1-2-4-15(23)19-7-8-21-9-11-22(12-10-21)17-20-16-13(18)5-3-6-14(16)24-17/h3,5-6H,2,4,7-12H2,1H3,(H,19,23). The largest absolute Gasteiger partial charge is 0.355 e. The molecule has 1 fully saturated rings. The second-order valence-electron chi connectivity index (χ2n) is 6.01. The number of carbonyl (C=O) groups is 1. The fourth-order valence-electron chi connectivity index (χ4n) is 2.87. The highest BCUT2D eigenvalue weighted by Gasteiger charge is 2.20. The maximum absolute atomic E-state index is 11.5. The molecule has 0 unspecified atom stereocenters. The molecule has 0 saturated carbocycles. The summed E-state index contributed by atoms with van der Waals surface area (Å²) in [6.45, 7) is 7.57. The number of hydrogen-bond acceptors (Lipinski definition) is 5. The van der Waals surface area contributed by atoms with Crippen molar-refractivity contribution in [1.29, 1.82) is 0 Å². The normalized spacial score (nSPS) is 15.8. The van der Waals surface area contributed by atoms with Gasteiger partial charge in [0.25, 0.3) is 0 Å². The molecule has 130 valence electrons.